The second kappa shape index (κ2) is 7.60. The normalized spacial score (nSPS) is 12.0. The maximum absolute atomic E-state index is 9.77. The number of likely N-dealkylation sites (N-methyl/N-ethyl adjacent to an activating group) is 1. The van der Waals surface area contributed by atoms with Crippen LogP contribution < -0.4 is 4.74 Å². The number of ether oxygens (including phenoxy) is 1. The van der Waals surface area contributed by atoms with Crippen molar-refractivity contribution in [2.45, 2.75) is 6.10 Å². The van der Waals surface area contributed by atoms with Crippen LogP contribution in [0, 0.1) is 11.3 Å². The fraction of sp³-hybridized carbons (Fsp3) is 0.278. The third-order valence-corrected chi connectivity index (χ3v) is 3.22. The average Bonchev–Trinajstić information content (AvgIpc) is 2.53. The molecule has 0 saturated heterocycles. The summed E-state index contributed by atoms with van der Waals surface area (Å²) in [6.07, 6.45) is -0.506. The van der Waals surface area contributed by atoms with Gasteiger partial charge in [-0.3, -0.25) is 0 Å². The first-order valence-electron chi connectivity index (χ1n) is 7.14. The van der Waals surface area contributed by atoms with Crippen molar-refractivity contribution < 1.29 is 9.84 Å². The van der Waals surface area contributed by atoms with E-state index in [2.05, 4.69) is 6.07 Å². The van der Waals surface area contributed by atoms with Gasteiger partial charge >= 0.3 is 0 Å². The third kappa shape index (κ3) is 4.59. The van der Waals surface area contributed by atoms with Crippen LogP contribution in [0.15, 0.2) is 48.5 Å². The Kier molecular flexibility index (Phi) is 5.54. The minimum atomic E-state index is -0.506. The van der Waals surface area contributed by atoms with Crippen LogP contribution in [-0.2, 0) is 0 Å². The van der Waals surface area contributed by atoms with Crippen molar-refractivity contribution in [3.05, 3.63) is 54.1 Å². The summed E-state index contributed by atoms with van der Waals surface area (Å²) in [4.78, 5) is 1.92. The molecule has 0 aliphatic carbocycles. The van der Waals surface area contributed by atoms with Crippen LogP contribution in [0.3, 0.4) is 0 Å². The first-order chi connectivity index (χ1) is 10.6. The molecule has 1 atom stereocenters. The molecule has 0 aromatic heterocycles. The van der Waals surface area contributed by atoms with E-state index in [1.54, 1.807) is 12.1 Å². The molecule has 4 nitrogen and oxygen atoms in total. The van der Waals surface area contributed by atoms with E-state index in [9.17, 15) is 5.11 Å². The van der Waals surface area contributed by atoms with Gasteiger partial charge in [0.1, 0.15) is 18.5 Å². The lowest BCUT2D eigenvalue weighted by atomic mass is 10.0. The first-order valence-corrected chi connectivity index (χ1v) is 7.14. The van der Waals surface area contributed by atoms with Crippen molar-refractivity contribution >= 4 is 0 Å². The molecule has 0 heterocycles. The van der Waals surface area contributed by atoms with Gasteiger partial charge in [-0.25, -0.2) is 0 Å². The quantitative estimate of drug-likeness (QED) is 0.890. The number of aliphatic hydroxyl groups excluding tert-OH is 1. The highest BCUT2D eigenvalue weighted by Crippen LogP contribution is 2.22. The largest absolute Gasteiger partial charge is 0.491 e. The molecule has 2 rings (SSSR count). The van der Waals surface area contributed by atoms with Gasteiger partial charge in [-0.05, 0) is 49.5 Å². The predicted octanol–water partition coefficient (Wildman–Crippen LogP) is 2.53. The van der Waals surface area contributed by atoms with Gasteiger partial charge in [0.05, 0.1) is 11.6 Å². The first kappa shape index (κ1) is 16.0. The summed E-state index contributed by atoms with van der Waals surface area (Å²) < 4.78 is 5.58. The highest BCUT2D eigenvalue weighted by molar-refractivity contribution is 5.64. The van der Waals surface area contributed by atoms with Crippen LogP contribution in [-0.4, -0.2) is 43.4 Å². The van der Waals surface area contributed by atoms with Gasteiger partial charge in [0.2, 0.25) is 0 Å². The summed E-state index contributed by atoms with van der Waals surface area (Å²) in [6, 6.07) is 17.3. The molecule has 22 heavy (non-hydrogen) atoms. The maximum atomic E-state index is 9.77. The molecule has 0 bridgehead atoms. The Morgan fingerprint density at radius 1 is 1.05 bits per heavy atom. The van der Waals surface area contributed by atoms with Crippen LogP contribution in [0.2, 0.25) is 0 Å². The van der Waals surface area contributed by atoms with Crippen LogP contribution in [0.1, 0.15) is 5.56 Å². The SMILES string of the molecule is CN(C)C[C@@H](O)COc1ccc(-c2ccc(C#N)cc2)cc1. The molecule has 0 amide bonds. The van der Waals surface area contributed by atoms with Crippen LogP contribution >= 0.6 is 0 Å². The Bertz CT molecular complexity index is 628. The molecule has 0 fully saturated rings. The number of nitriles is 1. The minimum absolute atomic E-state index is 0.272. The van der Waals surface area contributed by atoms with Crippen molar-refractivity contribution in [3.63, 3.8) is 0 Å². The number of aliphatic hydroxyl groups is 1. The van der Waals surface area contributed by atoms with Crippen molar-refractivity contribution in [2.24, 2.45) is 0 Å². The van der Waals surface area contributed by atoms with Gasteiger partial charge < -0.3 is 14.7 Å². The lowest BCUT2D eigenvalue weighted by Gasteiger charge is -2.16. The number of rotatable bonds is 6. The molecule has 1 N–H and O–H groups in total. The molecule has 0 aliphatic rings. The van der Waals surface area contributed by atoms with Crippen LogP contribution in [0.5, 0.6) is 5.75 Å². The van der Waals surface area contributed by atoms with E-state index in [0.717, 1.165) is 16.9 Å². The fourth-order valence-corrected chi connectivity index (χ4v) is 2.15. The van der Waals surface area contributed by atoms with E-state index in [0.29, 0.717) is 12.1 Å². The summed E-state index contributed by atoms with van der Waals surface area (Å²) in [5.41, 5.74) is 2.77. The van der Waals surface area contributed by atoms with Crippen molar-refractivity contribution in [1.82, 2.24) is 4.90 Å². The van der Waals surface area contributed by atoms with Crippen LogP contribution in [0.25, 0.3) is 11.1 Å². The minimum Gasteiger partial charge on any atom is -0.491 e. The second-order valence-electron chi connectivity index (χ2n) is 5.44. The average molecular weight is 296 g/mol. The molecule has 0 saturated carbocycles. The number of hydrogen-bond acceptors (Lipinski definition) is 4. The zero-order valence-corrected chi connectivity index (χ0v) is 12.9. The lowest BCUT2D eigenvalue weighted by Crippen LogP contribution is -2.30. The standard InChI is InChI=1S/C18H20N2O2/c1-20(2)12-17(21)13-22-18-9-7-16(8-10-18)15-5-3-14(11-19)4-6-15/h3-10,17,21H,12-13H2,1-2H3/t17-/m1/s1. The molecule has 2 aromatic rings. The monoisotopic (exact) mass is 296 g/mol. The highest BCUT2D eigenvalue weighted by Gasteiger charge is 2.06. The van der Waals surface area contributed by atoms with E-state index in [4.69, 9.17) is 10.00 Å². The molecule has 4 heteroatoms. The molecule has 0 aliphatic heterocycles. The number of hydrogen-bond donors (Lipinski definition) is 1. The van der Waals surface area contributed by atoms with Crippen molar-refractivity contribution in [2.75, 3.05) is 27.2 Å². The third-order valence-electron chi connectivity index (χ3n) is 3.22. The summed E-state index contributed by atoms with van der Waals surface area (Å²) in [5.74, 6) is 0.732. The second-order valence-corrected chi connectivity index (χ2v) is 5.44. The van der Waals surface area contributed by atoms with Gasteiger partial charge in [-0.1, -0.05) is 24.3 Å². The molecule has 0 radical (unpaired) electrons. The smallest absolute Gasteiger partial charge is 0.119 e. The Morgan fingerprint density at radius 2 is 1.59 bits per heavy atom. The molecular weight excluding hydrogens is 276 g/mol. The van der Waals surface area contributed by atoms with E-state index < -0.39 is 6.10 Å². The predicted molar refractivity (Wildman–Crippen MR) is 86.6 cm³/mol. The molecule has 2 aromatic carbocycles. The van der Waals surface area contributed by atoms with Gasteiger partial charge in [-0.2, -0.15) is 5.26 Å². The Hall–Kier alpha value is -2.35. The van der Waals surface area contributed by atoms with E-state index >= 15 is 0 Å². The van der Waals surface area contributed by atoms with Crippen LogP contribution in [0.4, 0.5) is 0 Å². The van der Waals surface area contributed by atoms with Gasteiger partial charge in [-0.15, -0.1) is 0 Å². The Balaban J connectivity index is 1.96. The summed E-state index contributed by atoms with van der Waals surface area (Å²) in [6.45, 7) is 0.845. The fourth-order valence-electron chi connectivity index (χ4n) is 2.15. The molecule has 0 spiro atoms. The van der Waals surface area contributed by atoms with Crippen molar-refractivity contribution in [1.29, 1.82) is 5.26 Å². The van der Waals surface area contributed by atoms with E-state index in [1.165, 1.54) is 0 Å². The Morgan fingerprint density at radius 3 is 2.09 bits per heavy atom. The van der Waals surface area contributed by atoms with E-state index in [-0.39, 0.29) is 6.61 Å². The highest BCUT2D eigenvalue weighted by atomic mass is 16.5. The summed E-state index contributed by atoms with van der Waals surface area (Å²) in [7, 11) is 3.82. The maximum Gasteiger partial charge on any atom is 0.119 e. The van der Waals surface area contributed by atoms with Gasteiger partial charge in [0, 0.05) is 6.54 Å². The molecule has 114 valence electrons. The van der Waals surface area contributed by atoms with Gasteiger partial charge in [0.15, 0.2) is 0 Å². The number of benzene rings is 2. The topological polar surface area (TPSA) is 56.5 Å². The Labute approximate surface area is 131 Å². The molecule has 0 unspecified atom stereocenters. The summed E-state index contributed by atoms with van der Waals surface area (Å²) in [5, 5.41) is 18.6. The zero-order chi connectivity index (χ0) is 15.9. The van der Waals surface area contributed by atoms with Gasteiger partial charge in [0.25, 0.3) is 0 Å². The lowest BCUT2D eigenvalue weighted by molar-refractivity contribution is 0.0831. The van der Waals surface area contributed by atoms with Crippen molar-refractivity contribution in [3.8, 4) is 22.9 Å². The number of nitrogens with zero attached hydrogens (tertiary/aromatic N) is 2. The van der Waals surface area contributed by atoms with E-state index in [1.807, 2.05) is 55.4 Å². The summed E-state index contributed by atoms with van der Waals surface area (Å²) >= 11 is 0. The zero-order valence-electron chi connectivity index (χ0n) is 12.9. The molecular formula is C18H20N2O2.